The van der Waals surface area contributed by atoms with Gasteiger partial charge in [-0.05, 0) is 25.3 Å². The average Bonchev–Trinajstić information content (AvgIpc) is 2.86. The molecule has 0 aromatic carbocycles. The molecule has 2 aliphatic rings. The van der Waals surface area contributed by atoms with Crippen molar-refractivity contribution in [3.63, 3.8) is 0 Å². The molecule has 0 aromatic heterocycles. The number of rotatable bonds is 5. The van der Waals surface area contributed by atoms with E-state index in [-0.39, 0.29) is 11.6 Å². The molecule has 0 aromatic rings. The summed E-state index contributed by atoms with van der Waals surface area (Å²) >= 11 is 0. The van der Waals surface area contributed by atoms with E-state index >= 15 is 0 Å². The van der Waals surface area contributed by atoms with Crippen LogP contribution in [0.2, 0.25) is 0 Å². The monoisotopic (exact) mass is 253 g/mol. The Morgan fingerprint density at radius 3 is 2.61 bits per heavy atom. The average molecular weight is 253 g/mol. The molecule has 1 heterocycles. The normalized spacial score (nSPS) is 27.6. The number of Topliss-reactive ketones (excluding diaryl/α,β-unsaturated/α-hetero) is 1. The lowest BCUT2D eigenvalue weighted by Crippen LogP contribution is -2.62. The third-order valence-electron chi connectivity index (χ3n) is 4.13. The molecular weight excluding hydrogens is 226 g/mol. The number of carbonyl (C=O) groups is 1. The molecule has 0 radical (unpaired) electrons. The van der Waals surface area contributed by atoms with Crippen molar-refractivity contribution in [2.24, 2.45) is 5.92 Å². The van der Waals surface area contributed by atoms with Gasteiger partial charge in [0.2, 0.25) is 0 Å². The van der Waals surface area contributed by atoms with Gasteiger partial charge in [-0.15, -0.1) is 0 Å². The highest BCUT2D eigenvalue weighted by molar-refractivity contribution is 5.93. The minimum Gasteiger partial charge on any atom is -0.313 e. The molecule has 0 amide bonds. The van der Waals surface area contributed by atoms with Crippen molar-refractivity contribution >= 4 is 5.78 Å². The van der Waals surface area contributed by atoms with Crippen LogP contribution < -0.4 is 16.0 Å². The lowest BCUT2D eigenvalue weighted by Gasteiger charge is -2.35. The van der Waals surface area contributed by atoms with Gasteiger partial charge in [0, 0.05) is 19.6 Å². The Morgan fingerprint density at radius 2 is 2.06 bits per heavy atom. The van der Waals surface area contributed by atoms with Gasteiger partial charge in [0.1, 0.15) is 0 Å². The zero-order valence-corrected chi connectivity index (χ0v) is 11.7. The van der Waals surface area contributed by atoms with Crippen LogP contribution in [-0.4, -0.2) is 43.5 Å². The molecule has 1 saturated heterocycles. The van der Waals surface area contributed by atoms with Gasteiger partial charge in [-0.25, -0.2) is 0 Å². The summed E-state index contributed by atoms with van der Waals surface area (Å²) in [5, 5.41) is 10.2. The molecule has 1 atom stereocenters. The molecule has 18 heavy (non-hydrogen) atoms. The summed E-state index contributed by atoms with van der Waals surface area (Å²) in [5.74, 6) is 0.973. The molecule has 1 aliphatic carbocycles. The fourth-order valence-corrected chi connectivity index (χ4v) is 3.06. The number of hydrogen-bond acceptors (Lipinski definition) is 4. The van der Waals surface area contributed by atoms with Gasteiger partial charge in [0.15, 0.2) is 5.78 Å². The van der Waals surface area contributed by atoms with E-state index in [1.165, 1.54) is 12.8 Å². The fourth-order valence-electron chi connectivity index (χ4n) is 3.06. The van der Waals surface area contributed by atoms with E-state index in [4.69, 9.17) is 0 Å². The van der Waals surface area contributed by atoms with Crippen LogP contribution in [0.5, 0.6) is 0 Å². The maximum absolute atomic E-state index is 12.8. The molecule has 1 unspecified atom stereocenters. The first-order valence-corrected chi connectivity index (χ1v) is 7.37. The summed E-state index contributed by atoms with van der Waals surface area (Å²) in [6.07, 6.45) is 4.38. The van der Waals surface area contributed by atoms with Gasteiger partial charge in [-0.2, -0.15) is 0 Å². The van der Waals surface area contributed by atoms with Crippen molar-refractivity contribution in [2.45, 2.75) is 51.1 Å². The maximum atomic E-state index is 12.8. The van der Waals surface area contributed by atoms with Crippen molar-refractivity contribution in [1.29, 1.82) is 0 Å². The smallest absolute Gasteiger partial charge is 0.170 e. The first-order chi connectivity index (χ1) is 8.64. The van der Waals surface area contributed by atoms with Gasteiger partial charge < -0.3 is 16.0 Å². The Labute approximate surface area is 110 Å². The minimum absolute atomic E-state index is 0.00323. The summed E-state index contributed by atoms with van der Waals surface area (Å²) in [7, 11) is 0. The zero-order chi connectivity index (χ0) is 13.0. The molecule has 1 saturated carbocycles. The second-order valence-electron chi connectivity index (χ2n) is 6.14. The van der Waals surface area contributed by atoms with Gasteiger partial charge in [-0.1, -0.05) is 26.7 Å². The Bertz CT molecular complexity index is 279. The van der Waals surface area contributed by atoms with Crippen LogP contribution in [0.1, 0.15) is 39.5 Å². The predicted octanol–water partition coefficient (Wildman–Crippen LogP) is 0.675. The molecule has 4 heteroatoms. The highest BCUT2D eigenvalue weighted by Crippen LogP contribution is 2.31. The van der Waals surface area contributed by atoms with Crippen molar-refractivity contribution in [1.82, 2.24) is 16.0 Å². The van der Waals surface area contributed by atoms with Crippen LogP contribution in [0.4, 0.5) is 0 Å². The number of nitrogens with one attached hydrogen (secondary N) is 3. The highest BCUT2D eigenvalue weighted by atomic mass is 16.1. The zero-order valence-electron chi connectivity index (χ0n) is 11.7. The Balaban J connectivity index is 2.01. The molecule has 104 valence electrons. The highest BCUT2D eigenvalue weighted by Gasteiger charge is 2.43. The molecule has 2 rings (SSSR count). The van der Waals surface area contributed by atoms with E-state index in [1.54, 1.807) is 0 Å². The van der Waals surface area contributed by atoms with E-state index in [0.29, 0.717) is 11.7 Å². The first-order valence-electron chi connectivity index (χ1n) is 7.37. The third kappa shape index (κ3) is 3.11. The van der Waals surface area contributed by atoms with E-state index in [1.807, 2.05) is 0 Å². The summed E-state index contributed by atoms with van der Waals surface area (Å²) in [6, 6.07) is -0.00323. The van der Waals surface area contributed by atoms with Crippen LogP contribution in [-0.2, 0) is 4.79 Å². The largest absolute Gasteiger partial charge is 0.313 e. The predicted molar refractivity (Wildman–Crippen MR) is 73.7 cm³/mol. The second-order valence-corrected chi connectivity index (χ2v) is 6.14. The van der Waals surface area contributed by atoms with Crippen molar-refractivity contribution in [3.8, 4) is 0 Å². The molecule has 0 bridgehead atoms. The van der Waals surface area contributed by atoms with Crippen molar-refractivity contribution in [2.75, 3.05) is 26.2 Å². The van der Waals surface area contributed by atoms with Crippen LogP contribution in [0.15, 0.2) is 0 Å². The Kier molecular flexibility index (Phi) is 4.76. The van der Waals surface area contributed by atoms with Crippen LogP contribution in [0.25, 0.3) is 0 Å². The summed E-state index contributed by atoms with van der Waals surface area (Å²) < 4.78 is 0. The van der Waals surface area contributed by atoms with E-state index in [0.717, 1.165) is 39.0 Å². The maximum Gasteiger partial charge on any atom is 0.170 e. The topological polar surface area (TPSA) is 53.2 Å². The summed E-state index contributed by atoms with van der Waals surface area (Å²) in [6.45, 7) is 7.98. The van der Waals surface area contributed by atoms with Gasteiger partial charge >= 0.3 is 0 Å². The van der Waals surface area contributed by atoms with Crippen LogP contribution in [0, 0.1) is 5.92 Å². The number of carbonyl (C=O) groups excluding carboxylic acids is 1. The van der Waals surface area contributed by atoms with Gasteiger partial charge in [0.25, 0.3) is 0 Å². The summed E-state index contributed by atoms with van der Waals surface area (Å²) in [4.78, 5) is 12.8. The quantitative estimate of drug-likeness (QED) is 0.674. The van der Waals surface area contributed by atoms with Gasteiger partial charge in [-0.3, -0.25) is 4.79 Å². The Morgan fingerprint density at radius 1 is 1.33 bits per heavy atom. The first kappa shape index (κ1) is 14.0. The van der Waals surface area contributed by atoms with E-state index in [2.05, 4.69) is 29.8 Å². The van der Waals surface area contributed by atoms with E-state index in [9.17, 15) is 4.79 Å². The van der Waals surface area contributed by atoms with Crippen molar-refractivity contribution < 1.29 is 4.79 Å². The van der Waals surface area contributed by atoms with E-state index < -0.39 is 0 Å². The van der Waals surface area contributed by atoms with Crippen LogP contribution >= 0.6 is 0 Å². The standard InChI is InChI=1S/C14H27N3O/c1-11(2)9-17-14(5-3-4-6-14)13(18)12-10-15-7-8-16-12/h11-12,15-17H,3-10H2,1-2H3. The van der Waals surface area contributed by atoms with Crippen LogP contribution in [0.3, 0.4) is 0 Å². The SMILES string of the molecule is CC(C)CNC1(C(=O)C2CNCCN2)CCCC1. The molecule has 1 aliphatic heterocycles. The lowest BCUT2D eigenvalue weighted by molar-refractivity contribution is -0.127. The summed E-state index contributed by atoms with van der Waals surface area (Å²) in [5.41, 5.74) is -0.249. The third-order valence-corrected chi connectivity index (χ3v) is 4.13. The molecular formula is C14H27N3O. The number of piperazine rings is 1. The number of ketones is 1. The number of hydrogen-bond donors (Lipinski definition) is 3. The van der Waals surface area contributed by atoms with Gasteiger partial charge in [0.05, 0.1) is 11.6 Å². The molecule has 2 fully saturated rings. The minimum atomic E-state index is -0.249. The Hall–Kier alpha value is -0.450. The fraction of sp³-hybridized carbons (Fsp3) is 0.929. The molecule has 3 N–H and O–H groups in total. The molecule has 0 spiro atoms. The van der Waals surface area contributed by atoms with Crippen molar-refractivity contribution in [3.05, 3.63) is 0 Å². The molecule has 4 nitrogen and oxygen atoms in total. The second kappa shape index (κ2) is 6.13. The lowest BCUT2D eigenvalue weighted by atomic mass is 9.86.